The number of nitrogens with zero attached hydrogens (tertiary/aromatic N) is 1. The van der Waals surface area contributed by atoms with Crippen LogP contribution in [0.15, 0.2) is 5.38 Å². The molecule has 1 heterocycles. The molecular formula is C9H13NO3S. The molecule has 0 aliphatic heterocycles. The van der Waals surface area contributed by atoms with Crippen molar-refractivity contribution in [3.8, 4) is 0 Å². The highest BCUT2D eigenvalue weighted by molar-refractivity contribution is 7.10. The van der Waals surface area contributed by atoms with Crippen LogP contribution in [-0.4, -0.2) is 29.8 Å². The summed E-state index contributed by atoms with van der Waals surface area (Å²) in [6, 6.07) is 0. The van der Waals surface area contributed by atoms with Crippen LogP contribution in [0.25, 0.3) is 0 Å². The van der Waals surface area contributed by atoms with Crippen LogP contribution in [-0.2, 0) is 10.2 Å². The van der Waals surface area contributed by atoms with Gasteiger partial charge >= 0.3 is 5.97 Å². The van der Waals surface area contributed by atoms with Gasteiger partial charge in [0.15, 0.2) is 5.69 Å². The van der Waals surface area contributed by atoms with Crippen LogP contribution in [0.4, 0.5) is 0 Å². The van der Waals surface area contributed by atoms with Crippen LogP contribution < -0.4 is 0 Å². The van der Waals surface area contributed by atoms with Crippen molar-refractivity contribution in [1.29, 1.82) is 0 Å². The van der Waals surface area contributed by atoms with E-state index in [1.807, 2.05) is 13.8 Å². The van der Waals surface area contributed by atoms with Crippen molar-refractivity contribution < 1.29 is 14.6 Å². The first-order chi connectivity index (χ1) is 6.51. The van der Waals surface area contributed by atoms with E-state index in [-0.39, 0.29) is 6.61 Å². The molecule has 0 spiro atoms. The van der Waals surface area contributed by atoms with E-state index in [0.717, 1.165) is 5.01 Å². The molecule has 0 unspecified atom stereocenters. The number of ether oxygens (including phenoxy) is 1. The van der Waals surface area contributed by atoms with Gasteiger partial charge in [-0.15, -0.1) is 11.3 Å². The largest absolute Gasteiger partial charge is 0.464 e. The Balaban J connectivity index is 2.93. The summed E-state index contributed by atoms with van der Waals surface area (Å²) in [7, 11) is 1.32. The number of hydrogen-bond acceptors (Lipinski definition) is 5. The first-order valence-electron chi connectivity index (χ1n) is 4.16. The Morgan fingerprint density at radius 1 is 1.71 bits per heavy atom. The zero-order valence-electron chi connectivity index (χ0n) is 8.40. The van der Waals surface area contributed by atoms with Crippen molar-refractivity contribution in [2.75, 3.05) is 13.7 Å². The number of thiazole rings is 1. The molecule has 0 atom stereocenters. The Morgan fingerprint density at radius 2 is 2.36 bits per heavy atom. The minimum atomic E-state index is -0.443. The van der Waals surface area contributed by atoms with Crippen LogP contribution >= 0.6 is 11.3 Å². The minimum Gasteiger partial charge on any atom is -0.464 e. The molecule has 1 aromatic rings. The number of aromatic nitrogens is 1. The summed E-state index contributed by atoms with van der Waals surface area (Å²) in [6.07, 6.45) is 0. The molecule has 1 N–H and O–H groups in total. The maximum Gasteiger partial charge on any atom is 0.357 e. The number of aliphatic hydroxyl groups excluding tert-OH is 1. The molecule has 78 valence electrons. The average molecular weight is 215 g/mol. The van der Waals surface area contributed by atoms with Gasteiger partial charge in [-0.2, -0.15) is 0 Å². The van der Waals surface area contributed by atoms with Crippen LogP contribution in [0, 0.1) is 0 Å². The molecule has 0 aromatic carbocycles. The molecule has 0 aliphatic rings. The lowest BCUT2D eigenvalue weighted by molar-refractivity contribution is 0.0594. The van der Waals surface area contributed by atoms with E-state index in [1.54, 1.807) is 5.38 Å². The highest BCUT2D eigenvalue weighted by Gasteiger charge is 2.24. The Labute approximate surface area is 86.6 Å². The molecule has 0 bridgehead atoms. The van der Waals surface area contributed by atoms with E-state index >= 15 is 0 Å². The monoisotopic (exact) mass is 215 g/mol. The summed E-state index contributed by atoms with van der Waals surface area (Å²) in [5.74, 6) is -0.443. The van der Waals surface area contributed by atoms with Crippen LogP contribution in [0.1, 0.15) is 29.3 Å². The smallest absolute Gasteiger partial charge is 0.357 e. The first-order valence-corrected chi connectivity index (χ1v) is 5.04. The fraction of sp³-hybridized carbons (Fsp3) is 0.556. The SMILES string of the molecule is COC(=O)c1csc(C(C)(C)CO)n1. The van der Waals surface area contributed by atoms with Gasteiger partial charge in [0, 0.05) is 10.8 Å². The van der Waals surface area contributed by atoms with Crippen LogP contribution in [0.5, 0.6) is 0 Å². The number of carbonyl (C=O) groups is 1. The van der Waals surface area contributed by atoms with Crippen molar-refractivity contribution in [3.63, 3.8) is 0 Å². The van der Waals surface area contributed by atoms with Crippen molar-refractivity contribution in [2.45, 2.75) is 19.3 Å². The Hall–Kier alpha value is -0.940. The molecule has 4 nitrogen and oxygen atoms in total. The molecular weight excluding hydrogens is 202 g/mol. The maximum absolute atomic E-state index is 11.1. The van der Waals surface area contributed by atoms with Crippen molar-refractivity contribution in [3.05, 3.63) is 16.1 Å². The third-order valence-electron chi connectivity index (χ3n) is 1.87. The molecule has 1 rings (SSSR count). The number of rotatable bonds is 3. The number of methoxy groups -OCH3 is 1. The van der Waals surface area contributed by atoms with Gasteiger partial charge in [0.2, 0.25) is 0 Å². The number of esters is 1. The van der Waals surface area contributed by atoms with Crippen molar-refractivity contribution in [1.82, 2.24) is 4.98 Å². The molecule has 1 aromatic heterocycles. The lowest BCUT2D eigenvalue weighted by Gasteiger charge is -2.17. The van der Waals surface area contributed by atoms with E-state index in [2.05, 4.69) is 9.72 Å². The summed E-state index contributed by atoms with van der Waals surface area (Å²) in [5, 5.41) is 11.5. The fourth-order valence-electron chi connectivity index (χ4n) is 0.851. The van der Waals surface area contributed by atoms with Gasteiger partial charge in [0.1, 0.15) is 5.01 Å². The summed E-state index contributed by atoms with van der Waals surface area (Å²) >= 11 is 1.35. The van der Waals surface area contributed by atoms with Gasteiger partial charge in [0.25, 0.3) is 0 Å². The third-order valence-corrected chi connectivity index (χ3v) is 3.08. The second-order valence-corrected chi connectivity index (χ2v) is 4.43. The Bertz CT molecular complexity index is 333. The number of hydrogen-bond donors (Lipinski definition) is 1. The van der Waals surface area contributed by atoms with E-state index in [1.165, 1.54) is 18.4 Å². The van der Waals surface area contributed by atoms with Gasteiger partial charge in [0.05, 0.1) is 13.7 Å². The lowest BCUT2D eigenvalue weighted by Crippen LogP contribution is -2.22. The predicted molar refractivity (Wildman–Crippen MR) is 53.6 cm³/mol. The fourth-order valence-corrected chi connectivity index (χ4v) is 1.76. The molecule has 0 fully saturated rings. The summed E-state index contributed by atoms with van der Waals surface area (Å²) in [6.45, 7) is 3.74. The van der Waals surface area contributed by atoms with Gasteiger partial charge in [-0.1, -0.05) is 13.8 Å². The summed E-state index contributed by atoms with van der Waals surface area (Å²) in [4.78, 5) is 15.2. The Kier molecular flexibility index (Phi) is 3.23. The standard InChI is InChI=1S/C9H13NO3S/c1-9(2,5-11)8-10-6(4-14-8)7(12)13-3/h4,11H,5H2,1-3H3. The van der Waals surface area contributed by atoms with Crippen LogP contribution in [0.3, 0.4) is 0 Å². The lowest BCUT2D eigenvalue weighted by atomic mass is 9.96. The van der Waals surface area contributed by atoms with Gasteiger partial charge in [-0.25, -0.2) is 9.78 Å². The van der Waals surface area contributed by atoms with E-state index in [0.29, 0.717) is 5.69 Å². The normalized spacial score (nSPS) is 11.4. The molecule has 14 heavy (non-hydrogen) atoms. The average Bonchev–Trinajstić information content (AvgIpc) is 2.66. The van der Waals surface area contributed by atoms with Crippen LogP contribution in [0.2, 0.25) is 0 Å². The first kappa shape index (κ1) is 11.1. The second-order valence-electron chi connectivity index (χ2n) is 3.57. The number of aliphatic hydroxyl groups is 1. The van der Waals surface area contributed by atoms with Gasteiger partial charge in [-0.05, 0) is 0 Å². The maximum atomic E-state index is 11.1. The quantitative estimate of drug-likeness (QED) is 0.770. The van der Waals surface area contributed by atoms with Gasteiger partial charge in [-0.3, -0.25) is 0 Å². The second kappa shape index (κ2) is 4.06. The highest BCUT2D eigenvalue weighted by Crippen LogP contribution is 2.25. The molecule has 0 aliphatic carbocycles. The zero-order chi connectivity index (χ0) is 10.8. The summed E-state index contributed by atoms with van der Waals surface area (Å²) < 4.78 is 4.54. The van der Waals surface area contributed by atoms with Gasteiger partial charge < -0.3 is 9.84 Å². The summed E-state index contributed by atoms with van der Waals surface area (Å²) in [5.41, 5.74) is -0.106. The topological polar surface area (TPSA) is 59.4 Å². The Morgan fingerprint density at radius 3 is 2.86 bits per heavy atom. The van der Waals surface area contributed by atoms with Crippen molar-refractivity contribution >= 4 is 17.3 Å². The molecule has 0 saturated carbocycles. The minimum absolute atomic E-state index is 0.00112. The highest BCUT2D eigenvalue weighted by atomic mass is 32.1. The number of carbonyl (C=O) groups excluding carboxylic acids is 1. The predicted octanol–water partition coefficient (Wildman–Crippen LogP) is 1.20. The molecule has 0 radical (unpaired) electrons. The third kappa shape index (κ3) is 2.10. The van der Waals surface area contributed by atoms with E-state index < -0.39 is 11.4 Å². The van der Waals surface area contributed by atoms with E-state index in [4.69, 9.17) is 5.11 Å². The van der Waals surface area contributed by atoms with E-state index in [9.17, 15) is 4.79 Å². The zero-order valence-corrected chi connectivity index (χ0v) is 9.22. The molecule has 5 heteroatoms. The van der Waals surface area contributed by atoms with Crippen molar-refractivity contribution in [2.24, 2.45) is 0 Å². The molecule has 0 amide bonds. The molecule has 0 saturated heterocycles.